The van der Waals surface area contributed by atoms with Gasteiger partial charge >= 0.3 is 0 Å². The number of rotatable bonds is 2. The zero-order valence-corrected chi connectivity index (χ0v) is 14.1. The molecule has 124 valence electrons. The van der Waals surface area contributed by atoms with Crippen molar-refractivity contribution in [2.45, 2.75) is 0 Å². The number of pyridine rings is 1. The van der Waals surface area contributed by atoms with E-state index >= 15 is 0 Å². The van der Waals surface area contributed by atoms with Gasteiger partial charge in [-0.25, -0.2) is 9.97 Å². The van der Waals surface area contributed by atoms with Crippen molar-refractivity contribution >= 4 is 39.9 Å². The van der Waals surface area contributed by atoms with Gasteiger partial charge in [-0.3, -0.25) is 4.57 Å². The molecule has 1 fully saturated rings. The summed E-state index contributed by atoms with van der Waals surface area (Å²) in [6, 6.07) is 7.64. The summed E-state index contributed by atoms with van der Waals surface area (Å²) in [5.41, 5.74) is 2.85. The lowest BCUT2D eigenvalue weighted by molar-refractivity contribution is 0.122. The molecule has 0 amide bonds. The van der Waals surface area contributed by atoms with E-state index in [9.17, 15) is 5.11 Å². The molecule has 1 saturated heterocycles. The third kappa shape index (κ3) is 2.66. The van der Waals surface area contributed by atoms with Gasteiger partial charge in [0.25, 0.3) is 0 Å². The first kappa shape index (κ1) is 15.5. The zero-order valence-electron chi connectivity index (χ0n) is 12.6. The predicted octanol–water partition coefficient (Wildman–Crippen LogP) is 3.27. The Bertz CT molecular complexity index is 883. The van der Waals surface area contributed by atoms with Gasteiger partial charge in [-0.2, -0.15) is 0 Å². The molecule has 8 heteroatoms. The second-order valence-corrected chi connectivity index (χ2v) is 6.25. The van der Waals surface area contributed by atoms with Crippen molar-refractivity contribution in [2.75, 3.05) is 31.2 Å². The van der Waals surface area contributed by atoms with E-state index in [1.165, 1.54) is 0 Å². The normalized spacial score (nSPS) is 15.2. The molecule has 1 aromatic carbocycles. The maximum Gasteiger partial charge on any atom is 0.174 e. The molecule has 4 rings (SSSR count). The highest BCUT2D eigenvalue weighted by molar-refractivity contribution is 6.36. The molecule has 1 aliphatic rings. The summed E-state index contributed by atoms with van der Waals surface area (Å²) in [5, 5.41) is 9.77. The topological polar surface area (TPSA) is 63.4 Å². The summed E-state index contributed by atoms with van der Waals surface area (Å²) < 4.78 is 7.17. The molecular weight excluding hydrogens is 351 g/mol. The van der Waals surface area contributed by atoms with Crippen LogP contribution in [0.5, 0.6) is 5.75 Å². The Morgan fingerprint density at radius 2 is 1.92 bits per heavy atom. The molecule has 0 aliphatic carbocycles. The lowest BCUT2D eigenvalue weighted by Gasteiger charge is -2.28. The summed E-state index contributed by atoms with van der Waals surface area (Å²) in [5.74, 6) is 0.283. The lowest BCUT2D eigenvalue weighted by atomic mass is 10.2. The van der Waals surface area contributed by atoms with Crippen molar-refractivity contribution in [3.05, 3.63) is 40.8 Å². The molecule has 0 saturated carbocycles. The number of benzene rings is 1. The number of morpholine rings is 1. The van der Waals surface area contributed by atoms with Gasteiger partial charge in [-0.1, -0.05) is 23.2 Å². The first-order chi connectivity index (χ1) is 11.6. The Morgan fingerprint density at radius 1 is 1.12 bits per heavy atom. The summed E-state index contributed by atoms with van der Waals surface area (Å²) in [7, 11) is 0. The fourth-order valence-corrected chi connectivity index (χ4v) is 3.22. The molecule has 1 N–H and O–H groups in total. The van der Waals surface area contributed by atoms with E-state index in [2.05, 4.69) is 20.9 Å². The first-order valence-electron chi connectivity index (χ1n) is 7.48. The molecule has 0 atom stereocenters. The summed E-state index contributed by atoms with van der Waals surface area (Å²) in [6.07, 6.45) is 1.67. The molecular formula is C16H14Cl2N4O2. The van der Waals surface area contributed by atoms with Crippen molar-refractivity contribution in [2.24, 2.45) is 0 Å². The third-order valence-electron chi connectivity index (χ3n) is 4.04. The third-order valence-corrected chi connectivity index (χ3v) is 4.60. The largest absolute Gasteiger partial charge is 0.504 e. The smallest absolute Gasteiger partial charge is 0.174 e. The molecule has 0 bridgehead atoms. The number of fused-ring (bicyclic) bond motifs is 1. The average molecular weight is 365 g/mol. The average Bonchev–Trinajstić information content (AvgIpc) is 3.03. The Balaban J connectivity index is 1.75. The predicted molar refractivity (Wildman–Crippen MR) is 93.6 cm³/mol. The highest BCUT2D eigenvalue weighted by Gasteiger charge is 2.15. The van der Waals surface area contributed by atoms with E-state index < -0.39 is 0 Å². The highest BCUT2D eigenvalue weighted by atomic mass is 35.5. The minimum atomic E-state index is -0.221. The Kier molecular flexibility index (Phi) is 3.96. The quantitative estimate of drug-likeness (QED) is 0.707. The molecule has 1 aliphatic heterocycles. The maximum absolute atomic E-state index is 9.66. The van der Waals surface area contributed by atoms with Crippen LogP contribution in [0.3, 0.4) is 0 Å². The lowest BCUT2D eigenvalue weighted by Crippen LogP contribution is -2.36. The van der Waals surface area contributed by atoms with Crippen LogP contribution < -0.4 is 4.90 Å². The number of aromatic nitrogens is 3. The van der Waals surface area contributed by atoms with Crippen LogP contribution in [0, 0.1) is 0 Å². The molecule has 6 nitrogen and oxygen atoms in total. The summed E-state index contributed by atoms with van der Waals surface area (Å²) in [6.45, 7) is 3.22. The molecule has 0 spiro atoms. The first-order valence-corrected chi connectivity index (χ1v) is 8.24. The van der Waals surface area contributed by atoms with Crippen LogP contribution in [0.4, 0.5) is 5.69 Å². The van der Waals surface area contributed by atoms with Gasteiger partial charge in [0.15, 0.2) is 10.9 Å². The fraction of sp³-hybridized carbons (Fsp3) is 0.250. The van der Waals surface area contributed by atoms with E-state index in [4.69, 9.17) is 27.9 Å². The van der Waals surface area contributed by atoms with Gasteiger partial charge in [-0.15, -0.1) is 0 Å². The van der Waals surface area contributed by atoms with Gasteiger partial charge in [0.05, 0.1) is 29.3 Å². The summed E-state index contributed by atoms with van der Waals surface area (Å²) >= 11 is 11.9. The number of anilines is 1. The Morgan fingerprint density at radius 3 is 2.67 bits per heavy atom. The standard InChI is InChI=1S/C16H14Cl2N4O2/c17-11-8-14(20-16(18)15(11)23)22-9-19-12-7-10(1-2-13(12)22)21-3-5-24-6-4-21/h1-2,7-9,23H,3-6H2. The molecule has 0 radical (unpaired) electrons. The van der Waals surface area contributed by atoms with Crippen molar-refractivity contribution in [1.82, 2.24) is 14.5 Å². The van der Waals surface area contributed by atoms with E-state index in [-0.39, 0.29) is 15.9 Å². The van der Waals surface area contributed by atoms with Crippen LogP contribution in [-0.2, 0) is 4.74 Å². The van der Waals surface area contributed by atoms with Crippen molar-refractivity contribution in [1.29, 1.82) is 0 Å². The molecule has 3 heterocycles. The van der Waals surface area contributed by atoms with E-state index in [0.29, 0.717) is 5.82 Å². The number of aromatic hydroxyl groups is 1. The van der Waals surface area contributed by atoms with Crippen LogP contribution in [-0.4, -0.2) is 45.9 Å². The second-order valence-electron chi connectivity index (χ2n) is 5.49. The number of ether oxygens (including phenoxy) is 1. The molecule has 24 heavy (non-hydrogen) atoms. The van der Waals surface area contributed by atoms with Gasteiger partial charge in [-0.05, 0) is 18.2 Å². The minimum absolute atomic E-state index is 0.0377. The van der Waals surface area contributed by atoms with Gasteiger partial charge in [0.1, 0.15) is 12.1 Å². The summed E-state index contributed by atoms with van der Waals surface area (Å²) in [4.78, 5) is 10.9. The zero-order chi connectivity index (χ0) is 16.7. The molecule has 0 unspecified atom stereocenters. The number of hydrogen-bond acceptors (Lipinski definition) is 5. The molecule has 3 aromatic rings. The monoisotopic (exact) mass is 364 g/mol. The molecule has 2 aromatic heterocycles. The van der Waals surface area contributed by atoms with Crippen molar-refractivity contribution < 1.29 is 9.84 Å². The highest BCUT2D eigenvalue weighted by Crippen LogP contribution is 2.32. The van der Waals surface area contributed by atoms with Crippen LogP contribution in [0.2, 0.25) is 10.2 Å². The van der Waals surface area contributed by atoms with E-state index in [1.54, 1.807) is 17.0 Å². The minimum Gasteiger partial charge on any atom is -0.504 e. The van der Waals surface area contributed by atoms with Crippen LogP contribution in [0.25, 0.3) is 16.9 Å². The van der Waals surface area contributed by atoms with Crippen molar-refractivity contribution in [3.8, 4) is 11.6 Å². The second kappa shape index (κ2) is 6.12. The number of imidazole rings is 1. The van der Waals surface area contributed by atoms with Crippen LogP contribution in [0.1, 0.15) is 0 Å². The van der Waals surface area contributed by atoms with Gasteiger partial charge in [0.2, 0.25) is 0 Å². The number of hydrogen-bond donors (Lipinski definition) is 1. The van der Waals surface area contributed by atoms with Gasteiger partial charge in [0, 0.05) is 24.8 Å². The number of halogens is 2. The van der Waals surface area contributed by atoms with Crippen LogP contribution in [0.15, 0.2) is 30.6 Å². The fourth-order valence-electron chi connectivity index (χ4n) is 2.79. The van der Waals surface area contributed by atoms with Crippen molar-refractivity contribution in [3.63, 3.8) is 0 Å². The maximum atomic E-state index is 9.66. The Labute approximate surface area is 148 Å². The Hall–Kier alpha value is -2.02. The number of nitrogens with zero attached hydrogens (tertiary/aromatic N) is 4. The SMILES string of the molecule is Oc1c(Cl)cc(-n2cnc3cc(N4CCOCC4)ccc32)nc1Cl. The van der Waals surface area contributed by atoms with E-state index in [0.717, 1.165) is 43.0 Å². The van der Waals surface area contributed by atoms with E-state index in [1.807, 2.05) is 12.1 Å². The van der Waals surface area contributed by atoms with Gasteiger partial charge < -0.3 is 14.7 Å². The van der Waals surface area contributed by atoms with Crippen LogP contribution >= 0.6 is 23.2 Å².